The van der Waals surface area contributed by atoms with Crippen LogP contribution in [0.1, 0.15) is 31.0 Å². The van der Waals surface area contributed by atoms with Gasteiger partial charge >= 0.3 is 0 Å². The van der Waals surface area contributed by atoms with Crippen molar-refractivity contribution >= 4 is 16.9 Å². The van der Waals surface area contributed by atoms with E-state index in [1.165, 1.54) is 43.7 Å². The molecule has 0 spiro atoms. The maximum absolute atomic E-state index is 6.03. The zero-order valence-corrected chi connectivity index (χ0v) is 13.3. The third kappa shape index (κ3) is 2.62. The lowest BCUT2D eigenvalue weighted by Crippen LogP contribution is -2.27. The van der Waals surface area contributed by atoms with Crippen molar-refractivity contribution in [2.75, 3.05) is 25.4 Å². The average Bonchev–Trinajstić information content (AvgIpc) is 3.03. The van der Waals surface area contributed by atoms with Gasteiger partial charge in [0.25, 0.3) is 0 Å². The number of likely N-dealkylation sites (tertiary alicyclic amines) is 1. The standard InChI is InChI=1S/C16H25N5/c1-11(8-20-6-4-5-7-20)9-21-13(3)12(2)14-15(17)18-10-19-16(14)21/h10-11H,4-9H2,1-3H3,(H2,17,18,19). The minimum atomic E-state index is 0.589. The van der Waals surface area contributed by atoms with E-state index in [1.54, 1.807) is 6.33 Å². The first-order valence-corrected chi connectivity index (χ1v) is 7.86. The second-order valence-corrected chi connectivity index (χ2v) is 6.39. The fourth-order valence-electron chi connectivity index (χ4n) is 3.49. The van der Waals surface area contributed by atoms with Gasteiger partial charge in [-0.15, -0.1) is 0 Å². The fourth-order valence-corrected chi connectivity index (χ4v) is 3.49. The summed E-state index contributed by atoms with van der Waals surface area (Å²) in [6.07, 6.45) is 4.26. The Morgan fingerprint density at radius 1 is 1.19 bits per heavy atom. The van der Waals surface area contributed by atoms with Gasteiger partial charge in [-0.1, -0.05) is 6.92 Å². The number of hydrogen-bond acceptors (Lipinski definition) is 4. The molecular weight excluding hydrogens is 262 g/mol. The van der Waals surface area contributed by atoms with Crippen LogP contribution in [-0.2, 0) is 6.54 Å². The Kier molecular flexibility index (Phi) is 3.85. The molecular formula is C16H25N5. The minimum absolute atomic E-state index is 0.589. The number of fused-ring (bicyclic) bond motifs is 1. The molecule has 3 rings (SSSR count). The summed E-state index contributed by atoms with van der Waals surface area (Å²) < 4.78 is 2.31. The highest BCUT2D eigenvalue weighted by atomic mass is 15.1. The van der Waals surface area contributed by atoms with Gasteiger partial charge in [0.2, 0.25) is 0 Å². The molecule has 0 aliphatic carbocycles. The fraction of sp³-hybridized carbons (Fsp3) is 0.625. The third-order valence-corrected chi connectivity index (χ3v) is 4.70. The molecule has 114 valence electrons. The molecule has 2 aromatic heterocycles. The van der Waals surface area contributed by atoms with Gasteiger partial charge in [0.15, 0.2) is 0 Å². The van der Waals surface area contributed by atoms with Crippen LogP contribution in [-0.4, -0.2) is 39.1 Å². The van der Waals surface area contributed by atoms with Gasteiger partial charge < -0.3 is 15.2 Å². The normalized spacial score (nSPS) is 17.7. The minimum Gasteiger partial charge on any atom is -0.383 e. The molecule has 1 fully saturated rings. The summed E-state index contributed by atoms with van der Waals surface area (Å²) in [5, 5.41) is 1.02. The van der Waals surface area contributed by atoms with Crippen LogP contribution in [0.4, 0.5) is 5.82 Å². The summed E-state index contributed by atoms with van der Waals surface area (Å²) in [4.78, 5) is 11.2. The number of rotatable bonds is 4. The molecule has 1 aliphatic heterocycles. The molecule has 3 heterocycles. The van der Waals surface area contributed by atoms with E-state index in [0.29, 0.717) is 11.7 Å². The average molecular weight is 287 g/mol. The lowest BCUT2D eigenvalue weighted by Gasteiger charge is -2.21. The van der Waals surface area contributed by atoms with E-state index in [1.807, 2.05) is 0 Å². The van der Waals surface area contributed by atoms with E-state index in [9.17, 15) is 0 Å². The van der Waals surface area contributed by atoms with Crippen LogP contribution < -0.4 is 5.73 Å². The Balaban J connectivity index is 1.86. The molecule has 5 heteroatoms. The molecule has 2 N–H and O–H groups in total. The Bertz CT molecular complexity index is 640. The maximum Gasteiger partial charge on any atom is 0.145 e. The highest BCUT2D eigenvalue weighted by molar-refractivity contribution is 5.90. The highest BCUT2D eigenvalue weighted by Gasteiger charge is 2.19. The number of anilines is 1. The van der Waals surface area contributed by atoms with E-state index in [2.05, 4.69) is 40.2 Å². The molecule has 0 bridgehead atoms. The predicted octanol–water partition coefficient (Wildman–Crippen LogP) is 2.36. The molecule has 0 aromatic carbocycles. The molecule has 1 unspecified atom stereocenters. The van der Waals surface area contributed by atoms with Crippen LogP contribution >= 0.6 is 0 Å². The summed E-state index contributed by atoms with van der Waals surface area (Å²) >= 11 is 0. The molecule has 2 aromatic rings. The van der Waals surface area contributed by atoms with Gasteiger partial charge in [-0.05, 0) is 51.3 Å². The first-order valence-electron chi connectivity index (χ1n) is 7.86. The lowest BCUT2D eigenvalue weighted by atomic mass is 10.1. The molecule has 21 heavy (non-hydrogen) atoms. The monoisotopic (exact) mass is 287 g/mol. The van der Waals surface area contributed by atoms with Crippen molar-refractivity contribution < 1.29 is 0 Å². The summed E-state index contributed by atoms with van der Waals surface area (Å²) in [7, 11) is 0. The largest absolute Gasteiger partial charge is 0.383 e. The molecule has 0 saturated carbocycles. The summed E-state index contributed by atoms with van der Waals surface area (Å²) in [6.45, 7) is 11.2. The number of nitrogens with two attached hydrogens (primary N) is 1. The number of hydrogen-bond donors (Lipinski definition) is 1. The van der Waals surface area contributed by atoms with E-state index >= 15 is 0 Å². The SMILES string of the molecule is Cc1c(C)n(CC(C)CN2CCCC2)c2ncnc(N)c12. The first kappa shape index (κ1) is 14.3. The Morgan fingerprint density at radius 2 is 1.90 bits per heavy atom. The summed E-state index contributed by atoms with van der Waals surface area (Å²) in [6, 6.07) is 0. The Morgan fingerprint density at radius 3 is 2.62 bits per heavy atom. The van der Waals surface area contributed by atoms with Gasteiger partial charge in [0, 0.05) is 18.8 Å². The van der Waals surface area contributed by atoms with Gasteiger partial charge in [0.1, 0.15) is 17.8 Å². The highest BCUT2D eigenvalue weighted by Crippen LogP contribution is 2.27. The zero-order chi connectivity index (χ0) is 15.0. The van der Waals surface area contributed by atoms with Crippen LogP contribution in [0, 0.1) is 19.8 Å². The topological polar surface area (TPSA) is 60.0 Å². The summed E-state index contributed by atoms with van der Waals surface area (Å²) in [5.74, 6) is 1.19. The predicted molar refractivity (Wildman–Crippen MR) is 86.3 cm³/mol. The van der Waals surface area contributed by atoms with Crippen LogP contribution in [0.2, 0.25) is 0 Å². The third-order valence-electron chi connectivity index (χ3n) is 4.70. The first-order chi connectivity index (χ1) is 10.1. The van der Waals surface area contributed by atoms with Crippen molar-refractivity contribution in [3.05, 3.63) is 17.6 Å². The molecule has 1 aliphatic rings. The van der Waals surface area contributed by atoms with Gasteiger partial charge in [-0.25, -0.2) is 9.97 Å². The van der Waals surface area contributed by atoms with Crippen molar-refractivity contribution in [3.63, 3.8) is 0 Å². The molecule has 0 amide bonds. The zero-order valence-electron chi connectivity index (χ0n) is 13.3. The van der Waals surface area contributed by atoms with Crippen molar-refractivity contribution in [3.8, 4) is 0 Å². The van der Waals surface area contributed by atoms with Gasteiger partial charge in [-0.3, -0.25) is 0 Å². The Hall–Kier alpha value is -1.62. The van der Waals surface area contributed by atoms with Gasteiger partial charge in [0.05, 0.1) is 5.39 Å². The van der Waals surface area contributed by atoms with Crippen LogP contribution in [0.15, 0.2) is 6.33 Å². The number of nitrogen functional groups attached to an aromatic ring is 1. The van der Waals surface area contributed by atoms with Crippen molar-refractivity contribution in [2.45, 2.75) is 40.2 Å². The van der Waals surface area contributed by atoms with E-state index < -0.39 is 0 Å². The van der Waals surface area contributed by atoms with Crippen molar-refractivity contribution in [1.29, 1.82) is 0 Å². The molecule has 1 saturated heterocycles. The van der Waals surface area contributed by atoms with Crippen molar-refractivity contribution in [1.82, 2.24) is 19.4 Å². The van der Waals surface area contributed by atoms with Crippen LogP contribution in [0.3, 0.4) is 0 Å². The van der Waals surface area contributed by atoms with Crippen LogP contribution in [0.25, 0.3) is 11.0 Å². The van der Waals surface area contributed by atoms with Gasteiger partial charge in [-0.2, -0.15) is 0 Å². The Labute approximate surface area is 126 Å². The van der Waals surface area contributed by atoms with E-state index in [4.69, 9.17) is 5.73 Å². The second kappa shape index (κ2) is 5.64. The summed E-state index contributed by atoms with van der Waals surface area (Å²) in [5.41, 5.74) is 9.47. The van der Waals surface area contributed by atoms with E-state index in [-0.39, 0.29) is 0 Å². The molecule has 0 radical (unpaired) electrons. The quantitative estimate of drug-likeness (QED) is 0.938. The molecule has 1 atom stereocenters. The van der Waals surface area contributed by atoms with E-state index in [0.717, 1.165) is 17.6 Å². The molecule has 5 nitrogen and oxygen atoms in total. The maximum atomic E-state index is 6.03. The van der Waals surface area contributed by atoms with Crippen molar-refractivity contribution in [2.24, 2.45) is 5.92 Å². The smallest absolute Gasteiger partial charge is 0.145 e. The second-order valence-electron chi connectivity index (χ2n) is 6.39. The van der Waals surface area contributed by atoms with Crippen LogP contribution in [0.5, 0.6) is 0 Å². The number of aryl methyl sites for hydroxylation is 1. The number of aromatic nitrogens is 3. The lowest BCUT2D eigenvalue weighted by molar-refractivity contribution is 0.272. The number of nitrogens with zero attached hydrogens (tertiary/aromatic N) is 4.